The molecule has 0 saturated carbocycles. The van der Waals surface area contributed by atoms with Gasteiger partial charge in [0.15, 0.2) is 0 Å². The fourth-order valence-electron chi connectivity index (χ4n) is 1.01. The van der Waals surface area contributed by atoms with Crippen molar-refractivity contribution in [2.24, 2.45) is 4.99 Å². The smallest absolute Gasteiger partial charge is 0.240 e. The maximum absolute atomic E-state index is 9.92. The van der Waals surface area contributed by atoms with Crippen molar-refractivity contribution in [3.63, 3.8) is 0 Å². The summed E-state index contributed by atoms with van der Waals surface area (Å²) >= 11 is 0. The third-order valence-electron chi connectivity index (χ3n) is 1.71. The lowest BCUT2D eigenvalue weighted by molar-refractivity contribution is 0.202. The summed E-state index contributed by atoms with van der Waals surface area (Å²) < 4.78 is 4.94. The lowest BCUT2D eigenvalue weighted by Crippen LogP contribution is -1.93. The highest BCUT2D eigenvalue weighted by Gasteiger charge is 1.92. The highest BCUT2D eigenvalue weighted by Crippen LogP contribution is 2.12. The average Bonchev–Trinajstić information content (AvgIpc) is 2.17. The largest absolute Gasteiger partial charge is 0.384 e. The van der Waals surface area contributed by atoms with Crippen LogP contribution in [0.1, 0.15) is 5.56 Å². The van der Waals surface area contributed by atoms with E-state index in [4.69, 9.17) is 4.74 Å². The summed E-state index contributed by atoms with van der Waals surface area (Å²) in [4.78, 5) is 13.4. The third kappa shape index (κ3) is 3.20. The van der Waals surface area contributed by atoms with Crippen molar-refractivity contribution in [2.75, 3.05) is 13.7 Å². The predicted molar refractivity (Wildman–Crippen MR) is 49.8 cm³/mol. The Bertz CT molecular complexity index is 299. The standard InChI is InChI=1S/C10H11NO2/c1-13-7-6-9-2-4-10(5-3-9)11-8-12/h2-5H,6-7H2,1H3. The van der Waals surface area contributed by atoms with Gasteiger partial charge >= 0.3 is 0 Å². The van der Waals surface area contributed by atoms with Gasteiger partial charge in [-0.05, 0) is 24.1 Å². The summed E-state index contributed by atoms with van der Waals surface area (Å²) in [7, 11) is 1.67. The first-order valence-electron chi connectivity index (χ1n) is 4.02. The Morgan fingerprint density at radius 2 is 2.08 bits per heavy atom. The molecule has 0 aliphatic carbocycles. The fraction of sp³-hybridized carbons (Fsp3) is 0.300. The summed E-state index contributed by atoms with van der Waals surface area (Å²) in [5.74, 6) is 0. The van der Waals surface area contributed by atoms with Crippen LogP contribution in [0.5, 0.6) is 0 Å². The zero-order valence-electron chi connectivity index (χ0n) is 7.49. The van der Waals surface area contributed by atoms with Crippen LogP contribution in [0.3, 0.4) is 0 Å². The van der Waals surface area contributed by atoms with Crippen LogP contribution in [0, 0.1) is 0 Å². The molecule has 0 aromatic heterocycles. The van der Waals surface area contributed by atoms with Gasteiger partial charge in [0, 0.05) is 7.11 Å². The molecule has 3 heteroatoms. The van der Waals surface area contributed by atoms with Crippen LogP contribution in [0.15, 0.2) is 29.3 Å². The van der Waals surface area contributed by atoms with Crippen molar-refractivity contribution in [2.45, 2.75) is 6.42 Å². The van der Waals surface area contributed by atoms with Gasteiger partial charge in [-0.1, -0.05) is 12.1 Å². The van der Waals surface area contributed by atoms with E-state index in [9.17, 15) is 4.79 Å². The van der Waals surface area contributed by atoms with E-state index in [1.54, 1.807) is 19.2 Å². The van der Waals surface area contributed by atoms with Crippen LogP contribution in [0.2, 0.25) is 0 Å². The number of methoxy groups -OCH3 is 1. The number of hydrogen-bond donors (Lipinski definition) is 0. The molecule has 0 aliphatic heterocycles. The van der Waals surface area contributed by atoms with Crippen molar-refractivity contribution in [3.8, 4) is 0 Å². The molecule has 0 fully saturated rings. The summed E-state index contributed by atoms with van der Waals surface area (Å²) in [5, 5.41) is 0. The quantitative estimate of drug-likeness (QED) is 0.520. The van der Waals surface area contributed by atoms with Crippen molar-refractivity contribution in [3.05, 3.63) is 29.8 Å². The maximum atomic E-state index is 9.92. The minimum atomic E-state index is 0.635. The lowest BCUT2D eigenvalue weighted by Gasteiger charge is -1.99. The molecule has 68 valence electrons. The molecule has 0 atom stereocenters. The van der Waals surface area contributed by atoms with E-state index in [1.807, 2.05) is 12.1 Å². The van der Waals surface area contributed by atoms with Gasteiger partial charge < -0.3 is 4.74 Å². The Balaban J connectivity index is 2.63. The number of hydrogen-bond acceptors (Lipinski definition) is 3. The number of benzene rings is 1. The molecule has 3 nitrogen and oxygen atoms in total. The number of isocyanates is 1. The second-order valence-electron chi connectivity index (χ2n) is 2.61. The van der Waals surface area contributed by atoms with Crippen molar-refractivity contribution < 1.29 is 9.53 Å². The van der Waals surface area contributed by atoms with Gasteiger partial charge in [-0.25, -0.2) is 4.79 Å². The topological polar surface area (TPSA) is 38.7 Å². The van der Waals surface area contributed by atoms with E-state index in [0.717, 1.165) is 6.42 Å². The Morgan fingerprint density at radius 1 is 1.38 bits per heavy atom. The van der Waals surface area contributed by atoms with Crippen LogP contribution in [-0.2, 0) is 16.0 Å². The predicted octanol–water partition coefficient (Wildman–Crippen LogP) is 1.84. The molecule has 1 aromatic rings. The Hall–Kier alpha value is -1.44. The molecule has 0 amide bonds. The zero-order chi connectivity index (χ0) is 9.52. The van der Waals surface area contributed by atoms with Crippen LogP contribution >= 0.6 is 0 Å². The fourth-order valence-corrected chi connectivity index (χ4v) is 1.01. The van der Waals surface area contributed by atoms with Gasteiger partial charge in [0.1, 0.15) is 0 Å². The van der Waals surface area contributed by atoms with Crippen molar-refractivity contribution in [1.29, 1.82) is 0 Å². The normalized spacial score (nSPS) is 9.31. The molecular formula is C10H11NO2. The van der Waals surface area contributed by atoms with E-state index < -0.39 is 0 Å². The molecule has 0 radical (unpaired) electrons. The van der Waals surface area contributed by atoms with Crippen LogP contribution < -0.4 is 0 Å². The van der Waals surface area contributed by atoms with Gasteiger partial charge in [0.25, 0.3) is 0 Å². The average molecular weight is 177 g/mol. The van der Waals surface area contributed by atoms with Gasteiger partial charge in [-0.3, -0.25) is 0 Å². The summed E-state index contributed by atoms with van der Waals surface area (Å²) in [5.41, 5.74) is 1.81. The first-order valence-corrected chi connectivity index (χ1v) is 4.02. The number of ether oxygens (including phenoxy) is 1. The molecule has 0 heterocycles. The minimum absolute atomic E-state index is 0.635. The number of rotatable bonds is 4. The molecule has 0 aliphatic rings. The van der Waals surface area contributed by atoms with E-state index in [0.29, 0.717) is 12.3 Å². The van der Waals surface area contributed by atoms with Gasteiger partial charge in [0.05, 0.1) is 12.3 Å². The SMILES string of the molecule is COCCc1ccc(N=C=O)cc1. The van der Waals surface area contributed by atoms with Gasteiger partial charge in [0.2, 0.25) is 6.08 Å². The number of carbonyl (C=O) groups excluding carboxylic acids is 1. The van der Waals surface area contributed by atoms with E-state index in [1.165, 1.54) is 11.6 Å². The van der Waals surface area contributed by atoms with Crippen LogP contribution in [-0.4, -0.2) is 19.8 Å². The number of nitrogens with zero attached hydrogens (tertiary/aromatic N) is 1. The summed E-state index contributed by atoms with van der Waals surface area (Å²) in [6.45, 7) is 0.705. The first-order chi connectivity index (χ1) is 6.36. The zero-order valence-corrected chi connectivity index (χ0v) is 7.49. The van der Waals surface area contributed by atoms with Crippen molar-refractivity contribution >= 4 is 11.8 Å². The van der Waals surface area contributed by atoms with Crippen molar-refractivity contribution in [1.82, 2.24) is 0 Å². The second-order valence-corrected chi connectivity index (χ2v) is 2.61. The monoisotopic (exact) mass is 177 g/mol. The van der Waals surface area contributed by atoms with Crippen LogP contribution in [0.4, 0.5) is 5.69 Å². The Morgan fingerprint density at radius 3 is 2.62 bits per heavy atom. The molecule has 1 rings (SSSR count). The molecule has 0 bridgehead atoms. The highest BCUT2D eigenvalue weighted by molar-refractivity contribution is 5.49. The molecule has 0 N–H and O–H groups in total. The summed E-state index contributed by atoms with van der Waals surface area (Å²) in [6.07, 6.45) is 2.37. The highest BCUT2D eigenvalue weighted by atomic mass is 16.5. The van der Waals surface area contributed by atoms with Gasteiger partial charge in [-0.2, -0.15) is 4.99 Å². The number of aliphatic imine (C=N–C) groups is 1. The minimum Gasteiger partial charge on any atom is -0.384 e. The molecule has 0 unspecified atom stereocenters. The molecule has 0 saturated heterocycles. The molecule has 13 heavy (non-hydrogen) atoms. The third-order valence-corrected chi connectivity index (χ3v) is 1.71. The lowest BCUT2D eigenvalue weighted by atomic mass is 10.1. The van der Waals surface area contributed by atoms with E-state index in [2.05, 4.69) is 4.99 Å². The molecule has 0 spiro atoms. The van der Waals surface area contributed by atoms with E-state index >= 15 is 0 Å². The molecule has 1 aromatic carbocycles. The van der Waals surface area contributed by atoms with Crippen LogP contribution in [0.25, 0.3) is 0 Å². The van der Waals surface area contributed by atoms with E-state index in [-0.39, 0.29) is 0 Å². The second kappa shape index (κ2) is 5.25. The summed E-state index contributed by atoms with van der Waals surface area (Å²) in [6, 6.07) is 7.43. The molecular weight excluding hydrogens is 166 g/mol. The Labute approximate surface area is 77.1 Å². The Kier molecular flexibility index (Phi) is 3.89. The first kappa shape index (κ1) is 9.65. The van der Waals surface area contributed by atoms with Gasteiger partial charge in [-0.15, -0.1) is 0 Å². The maximum Gasteiger partial charge on any atom is 0.240 e.